The Bertz CT molecular complexity index is 485. The van der Waals surface area contributed by atoms with Gasteiger partial charge in [0.15, 0.2) is 14.1 Å². The van der Waals surface area contributed by atoms with Gasteiger partial charge in [0.05, 0.1) is 0 Å². The monoisotopic (exact) mass is 352 g/mol. The van der Waals surface area contributed by atoms with Gasteiger partial charge in [-0.05, 0) is 49.5 Å². The molecule has 0 spiro atoms. The highest BCUT2D eigenvalue weighted by Gasteiger charge is 2.38. The van der Waals surface area contributed by atoms with Gasteiger partial charge in [0.1, 0.15) is 5.82 Å². The number of aromatic nitrogens is 2. The van der Waals surface area contributed by atoms with E-state index in [0.29, 0.717) is 11.9 Å². The molecule has 0 fully saturated rings. The second kappa shape index (κ2) is 8.81. The van der Waals surface area contributed by atoms with Crippen molar-refractivity contribution in [3.8, 4) is 0 Å². The van der Waals surface area contributed by atoms with Gasteiger partial charge < -0.3 is 15.1 Å². The third-order valence-corrected chi connectivity index (χ3v) is 9.47. The van der Waals surface area contributed by atoms with Crippen molar-refractivity contribution in [1.29, 1.82) is 0 Å². The second-order valence-corrected chi connectivity index (χ2v) is 12.8. The van der Waals surface area contributed by atoms with Gasteiger partial charge in [0.2, 0.25) is 0 Å². The first-order valence-corrected chi connectivity index (χ1v) is 12.0. The average molecular weight is 353 g/mol. The molecule has 1 unspecified atom stereocenters. The van der Waals surface area contributed by atoms with Crippen LogP contribution in [0.1, 0.15) is 53.9 Å². The highest BCUT2D eigenvalue weighted by atomic mass is 28.4. The number of nitrogen functional groups attached to an aromatic ring is 1. The molecular formula is C18H36N4OSi. The van der Waals surface area contributed by atoms with Gasteiger partial charge in [-0.25, -0.2) is 0 Å². The summed E-state index contributed by atoms with van der Waals surface area (Å²) in [5.41, 5.74) is 5.65. The fourth-order valence-corrected chi connectivity index (χ4v) is 3.83. The molecule has 0 aliphatic rings. The molecule has 6 heteroatoms. The van der Waals surface area contributed by atoms with Gasteiger partial charge in [0, 0.05) is 19.2 Å². The van der Waals surface area contributed by atoms with E-state index in [1.54, 1.807) is 0 Å². The first kappa shape index (κ1) is 20.9. The molecule has 0 amide bonds. The topological polar surface area (TPSA) is 64.3 Å². The minimum atomic E-state index is -1.73. The van der Waals surface area contributed by atoms with Crippen molar-refractivity contribution in [1.82, 2.24) is 10.2 Å². The molecular weight excluding hydrogens is 316 g/mol. The lowest BCUT2D eigenvalue weighted by Gasteiger charge is -2.39. The summed E-state index contributed by atoms with van der Waals surface area (Å²) in [6.45, 7) is 17.8. The molecule has 0 aliphatic carbocycles. The maximum absolute atomic E-state index is 6.59. The van der Waals surface area contributed by atoms with Gasteiger partial charge in [0.25, 0.3) is 0 Å². The van der Waals surface area contributed by atoms with E-state index in [-0.39, 0.29) is 5.04 Å². The van der Waals surface area contributed by atoms with Gasteiger partial charge in [-0.2, -0.15) is 0 Å². The highest BCUT2D eigenvalue weighted by molar-refractivity contribution is 6.74. The van der Waals surface area contributed by atoms with Crippen molar-refractivity contribution >= 4 is 20.0 Å². The van der Waals surface area contributed by atoms with Crippen molar-refractivity contribution in [3.05, 3.63) is 12.1 Å². The van der Waals surface area contributed by atoms with Gasteiger partial charge in [-0.3, -0.25) is 0 Å². The molecule has 0 aromatic carbocycles. The van der Waals surface area contributed by atoms with E-state index in [0.717, 1.165) is 38.2 Å². The van der Waals surface area contributed by atoms with E-state index in [1.807, 2.05) is 12.1 Å². The Morgan fingerprint density at radius 1 is 1.17 bits per heavy atom. The van der Waals surface area contributed by atoms with Crippen LogP contribution < -0.4 is 10.6 Å². The van der Waals surface area contributed by atoms with Gasteiger partial charge in [-0.1, -0.05) is 34.6 Å². The molecule has 0 saturated heterocycles. The van der Waals surface area contributed by atoms with Crippen molar-refractivity contribution in [2.75, 3.05) is 23.7 Å². The van der Waals surface area contributed by atoms with E-state index in [4.69, 9.17) is 10.2 Å². The summed E-state index contributed by atoms with van der Waals surface area (Å²) in [4.78, 5) is 2.28. The second-order valence-electron chi connectivity index (χ2n) is 8.00. The van der Waals surface area contributed by atoms with Crippen molar-refractivity contribution < 1.29 is 4.43 Å². The number of rotatable bonds is 9. The molecule has 1 aromatic rings. The van der Waals surface area contributed by atoms with E-state index in [1.165, 1.54) is 0 Å². The highest BCUT2D eigenvalue weighted by Crippen LogP contribution is 2.38. The molecule has 1 heterocycles. The first-order chi connectivity index (χ1) is 11.1. The molecule has 2 N–H and O–H groups in total. The Kier molecular flexibility index (Phi) is 7.67. The zero-order valence-corrected chi connectivity index (χ0v) is 17.6. The fraction of sp³-hybridized carbons (Fsp3) is 0.778. The number of anilines is 2. The van der Waals surface area contributed by atoms with Crippen LogP contribution in [-0.4, -0.2) is 37.7 Å². The third kappa shape index (κ3) is 6.05. The summed E-state index contributed by atoms with van der Waals surface area (Å²) in [7, 11) is -1.73. The molecule has 5 nitrogen and oxygen atoms in total. The number of hydrogen-bond donors (Lipinski definition) is 1. The summed E-state index contributed by atoms with van der Waals surface area (Å²) < 4.78 is 6.59. The maximum Gasteiger partial charge on any atom is 0.192 e. The summed E-state index contributed by atoms with van der Waals surface area (Å²) in [6, 6.07) is 3.77. The molecule has 1 rings (SSSR count). The lowest BCUT2D eigenvalue weighted by Crippen LogP contribution is -2.44. The summed E-state index contributed by atoms with van der Waals surface area (Å²) in [5, 5.41) is 8.46. The van der Waals surface area contributed by atoms with Gasteiger partial charge in [-0.15, -0.1) is 10.2 Å². The Morgan fingerprint density at radius 3 is 2.29 bits per heavy atom. The van der Waals surface area contributed by atoms with Crippen LogP contribution >= 0.6 is 0 Å². The molecule has 0 radical (unpaired) electrons. The standard InChI is InChI=1S/C18H36N4OSi/c1-8-13-22(17-11-10-16(19)20-21-17)14-12-15(9-2)23-24(6,7)18(3,4)5/h10-11,15H,8-9,12-14H2,1-7H3,(H2,19,20). The smallest absolute Gasteiger partial charge is 0.192 e. The summed E-state index contributed by atoms with van der Waals surface area (Å²) in [6.07, 6.45) is 3.42. The average Bonchev–Trinajstić information content (AvgIpc) is 2.49. The van der Waals surface area contributed by atoms with E-state index < -0.39 is 8.32 Å². The minimum absolute atomic E-state index is 0.242. The van der Waals surface area contributed by atoms with Crippen LogP contribution in [0.4, 0.5) is 11.6 Å². The number of hydrogen-bond acceptors (Lipinski definition) is 5. The molecule has 1 aromatic heterocycles. The SMILES string of the molecule is CCCN(CCC(CC)O[Si](C)(C)C(C)(C)C)c1ccc(N)nn1. The zero-order valence-electron chi connectivity index (χ0n) is 16.6. The molecule has 0 bridgehead atoms. The first-order valence-electron chi connectivity index (χ1n) is 9.12. The van der Waals surface area contributed by atoms with Crippen molar-refractivity contribution in [2.45, 2.75) is 78.1 Å². The Labute approximate surface area is 149 Å². The fourth-order valence-electron chi connectivity index (χ4n) is 2.35. The Hall–Kier alpha value is -1.14. The van der Waals surface area contributed by atoms with Crippen LogP contribution in [0.2, 0.25) is 18.1 Å². The normalized spacial score (nSPS) is 13.8. The van der Waals surface area contributed by atoms with Crippen LogP contribution in [0.15, 0.2) is 12.1 Å². The maximum atomic E-state index is 6.59. The van der Waals surface area contributed by atoms with E-state index >= 15 is 0 Å². The molecule has 1 atom stereocenters. The van der Waals surface area contributed by atoms with Crippen LogP contribution in [0.5, 0.6) is 0 Å². The zero-order chi connectivity index (χ0) is 18.4. The quantitative estimate of drug-likeness (QED) is 0.664. The Morgan fingerprint density at radius 2 is 1.83 bits per heavy atom. The molecule has 138 valence electrons. The predicted molar refractivity (Wildman–Crippen MR) is 106 cm³/mol. The lowest BCUT2D eigenvalue weighted by molar-refractivity contribution is 0.168. The van der Waals surface area contributed by atoms with Crippen LogP contribution in [-0.2, 0) is 4.43 Å². The van der Waals surface area contributed by atoms with E-state index in [9.17, 15) is 0 Å². The third-order valence-electron chi connectivity index (χ3n) is 4.93. The van der Waals surface area contributed by atoms with Gasteiger partial charge >= 0.3 is 0 Å². The van der Waals surface area contributed by atoms with Crippen LogP contribution in [0, 0.1) is 0 Å². The largest absolute Gasteiger partial charge is 0.414 e. The summed E-state index contributed by atoms with van der Waals surface area (Å²) in [5.74, 6) is 1.36. The molecule has 0 saturated carbocycles. The molecule has 24 heavy (non-hydrogen) atoms. The number of nitrogens with two attached hydrogens (primary N) is 1. The van der Waals surface area contributed by atoms with Crippen molar-refractivity contribution in [3.63, 3.8) is 0 Å². The Balaban J connectivity index is 2.72. The number of nitrogens with zero attached hydrogens (tertiary/aromatic N) is 3. The van der Waals surface area contributed by atoms with Crippen LogP contribution in [0.25, 0.3) is 0 Å². The van der Waals surface area contributed by atoms with E-state index in [2.05, 4.69) is 62.8 Å². The molecule has 0 aliphatic heterocycles. The lowest BCUT2D eigenvalue weighted by atomic mass is 10.2. The van der Waals surface area contributed by atoms with Crippen molar-refractivity contribution in [2.24, 2.45) is 0 Å². The van der Waals surface area contributed by atoms with Crippen LogP contribution in [0.3, 0.4) is 0 Å². The minimum Gasteiger partial charge on any atom is -0.414 e. The summed E-state index contributed by atoms with van der Waals surface area (Å²) >= 11 is 0. The predicted octanol–water partition coefficient (Wildman–Crippen LogP) is 4.47.